The van der Waals surface area contributed by atoms with E-state index in [4.69, 9.17) is 0 Å². The Bertz CT molecular complexity index is 2080. The number of rotatable bonds is 8. The molecule has 2 nitrogen and oxygen atoms in total. The Hall–Kier alpha value is -5.34. The molecule has 0 atom stereocenters. The molecule has 0 bridgehead atoms. The normalized spacial score (nSPS) is 11.3. The highest BCUT2D eigenvalue weighted by Crippen LogP contribution is 2.42. The van der Waals surface area contributed by atoms with E-state index in [1.54, 1.807) is 0 Å². The molecule has 0 N–H and O–H groups in total. The molecular weight excluding hydrogens is 581 g/mol. The molecule has 7 rings (SSSR count). The first-order chi connectivity index (χ1) is 23.3. The number of nitrogens with zero attached hydrogens (tertiary/aromatic N) is 2. The second kappa shape index (κ2) is 13.0. The van der Waals surface area contributed by atoms with Crippen LogP contribution in [0.2, 0.25) is 0 Å². The zero-order valence-corrected chi connectivity index (χ0v) is 29.0. The predicted octanol–water partition coefficient (Wildman–Crippen LogP) is 13.3. The van der Waals surface area contributed by atoms with Crippen molar-refractivity contribution in [2.75, 3.05) is 9.80 Å². The minimum Gasteiger partial charge on any atom is -0.310 e. The second-order valence-corrected chi connectivity index (χ2v) is 13.1. The van der Waals surface area contributed by atoms with Crippen molar-refractivity contribution in [2.24, 2.45) is 0 Å². The Balaban J connectivity index is 1.38. The van der Waals surface area contributed by atoms with Crippen LogP contribution in [0.1, 0.15) is 47.2 Å². The third kappa shape index (κ3) is 5.84. The molecule has 0 saturated carbocycles. The Morgan fingerprint density at radius 1 is 0.354 bits per heavy atom. The van der Waals surface area contributed by atoms with E-state index in [-0.39, 0.29) is 0 Å². The third-order valence-electron chi connectivity index (χ3n) is 9.91. The fourth-order valence-corrected chi connectivity index (χ4v) is 7.03. The summed E-state index contributed by atoms with van der Waals surface area (Å²) in [4.78, 5) is 4.77. The van der Waals surface area contributed by atoms with Crippen molar-refractivity contribution < 1.29 is 0 Å². The first kappa shape index (κ1) is 31.3. The molecule has 0 aliphatic rings. The maximum absolute atomic E-state index is 2.39. The van der Waals surface area contributed by atoms with Gasteiger partial charge in [-0.25, -0.2) is 0 Å². The van der Waals surface area contributed by atoms with E-state index < -0.39 is 0 Å². The van der Waals surface area contributed by atoms with Crippen LogP contribution in [-0.4, -0.2) is 0 Å². The summed E-state index contributed by atoms with van der Waals surface area (Å²) in [6.07, 6.45) is 2.06. The Morgan fingerprint density at radius 3 is 1.06 bits per heavy atom. The van der Waals surface area contributed by atoms with Gasteiger partial charge in [0.2, 0.25) is 0 Å². The first-order valence-electron chi connectivity index (χ1n) is 17.2. The molecule has 0 amide bonds. The van der Waals surface area contributed by atoms with Gasteiger partial charge in [0.05, 0.1) is 0 Å². The Labute approximate surface area is 285 Å². The van der Waals surface area contributed by atoms with Gasteiger partial charge in [-0.2, -0.15) is 0 Å². The van der Waals surface area contributed by atoms with E-state index in [0.29, 0.717) is 0 Å². The molecule has 48 heavy (non-hydrogen) atoms. The van der Waals surface area contributed by atoms with Gasteiger partial charge in [0.25, 0.3) is 0 Å². The molecule has 0 heterocycles. The smallest absolute Gasteiger partial charge is 0.0468 e. The predicted molar refractivity (Wildman–Crippen MR) is 209 cm³/mol. The molecular formula is C46H44N2. The van der Waals surface area contributed by atoms with Crippen molar-refractivity contribution in [1.29, 1.82) is 0 Å². The Morgan fingerprint density at radius 2 is 0.708 bits per heavy atom. The van der Waals surface area contributed by atoms with E-state index >= 15 is 0 Å². The van der Waals surface area contributed by atoms with Crippen LogP contribution in [-0.2, 0) is 12.8 Å². The molecule has 0 unspecified atom stereocenters. The summed E-state index contributed by atoms with van der Waals surface area (Å²) in [6.45, 7) is 13.3. The molecule has 0 fully saturated rings. The first-order valence-corrected chi connectivity index (χ1v) is 17.2. The summed E-state index contributed by atoms with van der Waals surface area (Å²) in [5, 5.41) is 5.14. The monoisotopic (exact) mass is 624 g/mol. The summed E-state index contributed by atoms with van der Waals surface area (Å²) in [7, 11) is 0. The van der Waals surface area contributed by atoms with Gasteiger partial charge in [-0.3, -0.25) is 0 Å². The lowest BCUT2D eigenvalue weighted by Gasteiger charge is -2.28. The van der Waals surface area contributed by atoms with E-state index in [1.165, 1.54) is 77.7 Å². The summed E-state index contributed by atoms with van der Waals surface area (Å²) in [6, 6.07) is 49.6. The average molecular weight is 625 g/mol. The minimum absolute atomic E-state index is 1.03. The van der Waals surface area contributed by atoms with E-state index in [1.807, 2.05) is 0 Å². The van der Waals surface area contributed by atoms with E-state index in [9.17, 15) is 0 Å². The van der Waals surface area contributed by atoms with Gasteiger partial charge in [0.1, 0.15) is 0 Å². The number of fused-ring (bicyclic) bond motifs is 3. The summed E-state index contributed by atoms with van der Waals surface area (Å²) >= 11 is 0. The summed E-state index contributed by atoms with van der Waals surface area (Å²) in [5.74, 6) is 0. The lowest BCUT2D eigenvalue weighted by molar-refractivity contribution is 1.14. The maximum atomic E-state index is 2.39. The second-order valence-electron chi connectivity index (χ2n) is 13.1. The highest BCUT2D eigenvalue weighted by molar-refractivity contribution is 6.12. The van der Waals surface area contributed by atoms with Crippen LogP contribution in [0, 0.1) is 27.7 Å². The summed E-state index contributed by atoms with van der Waals surface area (Å²) in [5.41, 5.74) is 14.8. The minimum atomic E-state index is 1.03. The maximum Gasteiger partial charge on any atom is 0.0468 e. The van der Waals surface area contributed by atoms with Gasteiger partial charge in [-0.1, -0.05) is 74.5 Å². The van der Waals surface area contributed by atoms with Gasteiger partial charge >= 0.3 is 0 Å². The average Bonchev–Trinajstić information content (AvgIpc) is 3.11. The largest absolute Gasteiger partial charge is 0.310 e. The van der Waals surface area contributed by atoms with Crippen LogP contribution in [0.3, 0.4) is 0 Å². The van der Waals surface area contributed by atoms with Crippen molar-refractivity contribution in [3.8, 4) is 0 Å². The van der Waals surface area contributed by atoms with Crippen molar-refractivity contribution in [1.82, 2.24) is 0 Å². The molecule has 0 aliphatic carbocycles. The fourth-order valence-electron chi connectivity index (χ4n) is 7.03. The Kier molecular flexibility index (Phi) is 8.50. The highest BCUT2D eigenvalue weighted by atomic mass is 15.1. The highest BCUT2D eigenvalue weighted by Gasteiger charge is 2.18. The number of benzene rings is 7. The molecule has 238 valence electrons. The lowest BCUT2D eigenvalue weighted by atomic mass is 9.92. The topological polar surface area (TPSA) is 6.48 Å². The van der Waals surface area contributed by atoms with Crippen molar-refractivity contribution in [3.63, 3.8) is 0 Å². The number of aryl methyl sites for hydroxylation is 6. The van der Waals surface area contributed by atoms with E-state index in [0.717, 1.165) is 24.2 Å². The zero-order valence-electron chi connectivity index (χ0n) is 29.0. The van der Waals surface area contributed by atoms with Crippen molar-refractivity contribution in [3.05, 3.63) is 167 Å². The number of hydrogen-bond acceptors (Lipinski definition) is 2. The number of hydrogen-bond donors (Lipinski definition) is 0. The molecule has 7 aromatic carbocycles. The summed E-state index contributed by atoms with van der Waals surface area (Å²) < 4.78 is 0. The molecule has 7 aromatic rings. The SMILES string of the molecule is CCc1ccc(N(c2cccc(C)c2)c2ccc3c(c2)c(C)c(C)c2cc(N(c4ccc(CC)cc4)c4cccc(C)c4)ccc23)cc1. The van der Waals surface area contributed by atoms with Gasteiger partial charge in [0.15, 0.2) is 0 Å². The third-order valence-corrected chi connectivity index (χ3v) is 9.91. The standard InChI is InChI=1S/C46H44N2/c1-7-35-15-19-37(20-16-35)47(39-13-9-11-31(3)27-39)41-23-25-43-44-26-24-42(30-46(44)34(6)33(5)45(43)29-41)48(40-14-10-12-32(4)28-40)38-21-17-36(8-2)18-22-38/h9-30H,7-8H2,1-6H3. The van der Waals surface area contributed by atoms with Crippen molar-refractivity contribution >= 4 is 55.7 Å². The van der Waals surface area contributed by atoms with Crippen LogP contribution < -0.4 is 9.80 Å². The molecule has 0 radical (unpaired) electrons. The molecule has 0 saturated heterocycles. The van der Waals surface area contributed by atoms with Crippen molar-refractivity contribution in [2.45, 2.75) is 54.4 Å². The quantitative estimate of drug-likeness (QED) is 0.155. The van der Waals surface area contributed by atoms with Crippen LogP contribution in [0.4, 0.5) is 34.1 Å². The van der Waals surface area contributed by atoms with Gasteiger partial charge in [-0.05, 0) is 168 Å². The van der Waals surface area contributed by atoms with Gasteiger partial charge in [0, 0.05) is 34.1 Å². The fraction of sp³-hybridized carbons (Fsp3) is 0.174. The van der Waals surface area contributed by atoms with Crippen LogP contribution in [0.5, 0.6) is 0 Å². The molecule has 2 heteroatoms. The van der Waals surface area contributed by atoms with Gasteiger partial charge < -0.3 is 9.80 Å². The molecule has 0 spiro atoms. The zero-order chi connectivity index (χ0) is 33.4. The van der Waals surface area contributed by atoms with Crippen LogP contribution in [0.25, 0.3) is 21.5 Å². The van der Waals surface area contributed by atoms with Crippen LogP contribution in [0.15, 0.2) is 133 Å². The lowest BCUT2D eigenvalue weighted by Crippen LogP contribution is -2.11. The number of anilines is 6. The van der Waals surface area contributed by atoms with Gasteiger partial charge in [-0.15, -0.1) is 0 Å². The molecule has 0 aliphatic heterocycles. The van der Waals surface area contributed by atoms with Crippen LogP contribution >= 0.6 is 0 Å². The van der Waals surface area contributed by atoms with E-state index in [2.05, 4.69) is 185 Å². The molecule has 0 aromatic heterocycles.